The molecular weight excluding hydrogens is 246 g/mol. The number of aryl methyl sites for hydroxylation is 2. The molecule has 0 N–H and O–H groups in total. The van der Waals surface area contributed by atoms with Gasteiger partial charge in [-0.05, 0) is 18.4 Å². The molecule has 0 atom stereocenters. The van der Waals surface area contributed by atoms with Gasteiger partial charge in [0.1, 0.15) is 5.65 Å². The minimum Gasteiger partial charge on any atom is -0.335 e. The molecule has 0 radical (unpaired) electrons. The molecule has 0 spiro atoms. The fourth-order valence-electron chi connectivity index (χ4n) is 2.09. The summed E-state index contributed by atoms with van der Waals surface area (Å²) >= 11 is 1.61. The first-order chi connectivity index (χ1) is 8.70. The number of nitrogens with zero attached hydrogens (tertiary/aromatic N) is 3. The number of aldehydes is 1. The molecule has 0 amide bonds. The molecule has 3 rings (SSSR count). The summed E-state index contributed by atoms with van der Waals surface area (Å²) in [5.74, 6) is 0.716. The summed E-state index contributed by atoms with van der Waals surface area (Å²) in [5, 5.41) is 2.84. The van der Waals surface area contributed by atoms with Crippen molar-refractivity contribution in [2.24, 2.45) is 7.05 Å². The number of aromatic nitrogens is 3. The SMILES string of the molecule is Cc1nc(-c2cccs2)nc2c1c(C=O)cn2C. The molecule has 0 unspecified atom stereocenters. The predicted molar refractivity (Wildman–Crippen MR) is 71.9 cm³/mol. The summed E-state index contributed by atoms with van der Waals surface area (Å²) in [5.41, 5.74) is 2.28. The standard InChI is InChI=1S/C13H11N3OS/c1-8-11-9(7-17)6-16(2)13(11)15-12(14-8)10-4-3-5-18-10/h3-7H,1-2H3. The fourth-order valence-corrected chi connectivity index (χ4v) is 2.75. The molecule has 0 saturated carbocycles. The third-order valence-corrected chi connectivity index (χ3v) is 3.76. The number of carbonyl (C=O) groups excluding carboxylic acids is 1. The maximum Gasteiger partial charge on any atom is 0.171 e. The van der Waals surface area contributed by atoms with Crippen LogP contribution < -0.4 is 0 Å². The summed E-state index contributed by atoms with van der Waals surface area (Å²) < 4.78 is 1.87. The zero-order valence-corrected chi connectivity index (χ0v) is 10.9. The van der Waals surface area contributed by atoms with Crippen molar-refractivity contribution >= 4 is 28.7 Å². The van der Waals surface area contributed by atoms with E-state index in [1.165, 1.54) is 0 Å². The molecule has 3 aromatic heterocycles. The first-order valence-electron chi connectivity index (χ1n) is 5.53. The number of thiophene rings is 1. The van der Waals surface area contributed by atoms with Gasteiger partial charge in [-0.1, -0.05) is 6.07 Å². The van der Waals surface area contributed by atoms with Crippen LogP contribution in [0.4, 0.5) is 0 Å². The minimum atomic E-state index is 0.641. The van der Waals surface area contributed by atoms with Gasteiger partial charge in [-0.3, -0.25) is 4.79 Å². The van der Waals surface area contributed by atoms with Gasteiger partial charge in [-0.25, -0.2) is 9.97 Å². The van der Waals surface area contributed by atoms with Crippen molar-refractivity contribution in [3.8, 4) is 10.7 Å². The zero-order valence-electron chi connectivity index (χ0n) is 10.0. The molecule has 18 heavy (non-hydrogen) atoms. The molecule has 0 saturated heterocycles. The summed E-state index contributed by atoms with van der Waals surface area (Å²) in [6.07, 6.45) is 2.64. The molecule has 5 heteroatoms. The number of fused-ring (bicyclic) bond motifs is 1. The van der Waals surface area contributed by atoms with Gasteiger partial charge in [0.2, 0.25) is 0 Å². The summed E-state index contributed by atoms with van der Waals surface area (Å²) in [6.45, 7) is 1.91. The van der Waals surface area contributed by atoms with Crippen molar-refractivity contribution in [3.63, 3.8) is 0 Å². The Kier molecular flexibility index (Phi) is 2.48. The Bertz CT molecular complexity index is 728. The molecule has 0 bridgehead atoms. The van der Waals surface area contributed by atoms with Crippen LogP contribution in [0.2, 0.25) is 0 Å². The van der Waals surface area contributed by atoms with Crippen molar-refractivity contribution in [2.75, 3.05) is 0 Å². The lowest BCUT2D eigenvalue weighted by Gasteiger charge is -2.02. The highest BCUT2D eigenvalue weighted by Crippen LogP contribution is 2.26. The van der Waals surface area contributed by atoms with E-state index in [4.69, 9.17) is 0 Å². The molecule has 4 nitrogen and oxygen atoms in total. The lowest BCUT2D eigenvalue weighted by atomic mass is 10.2. The van der Waals surface area contributed by atoms with Gasteiger partial charge < -0.3 is 4.57 Å². The first-order valence-corrected chi connectivity index (χ1v) is 6.41. The van der Waals surface area contributed by atoms with Crippen molar-refractivity contribution in [1.29, 1.82) is 0 Å². The average molecular weight is 257 g/mol. The zero-order chi connectivity index (χ0) is 12.7. The van der Waals surface area contributed by atoms with Crippen LogP contribution in [-0.4, -0.2) is 20.8 Å². The maximum absolute atomic E-state index is 11.0. The monoisotopic (exact) mass is 257 g/mol. The molecule has 3 heterocycles. The molecule has 0 aliphatic carbocycles. The molecular formula is C13H11N3OS. The van der Waals surface area contributed by atoms with Gasteiger partial charge in [-0.2, -0.15) is 0 Å². The van der Waals surface area contributed by atoms with E-state index >= 15 is 0 Å². The molecule has 0 aliphatic rings. The minimum absolute atomic E-state index is 0.641. The van der Waals surface area contributed by atoms with E-state index in [0.29, 0.717) is 11.4 Å². The van der Waals surface area contributed by atoms with Crippen molar-refractivity contribution in [2.45, 2.75) is 6.92 Å². The molecule has 0 aromatic carbocycles. The number of hydrogen-bond acceptors (Lipinski definition) is 4. The van der Waals surface area contributed by atoms with Gasteiger partial charge in [0.05, 0.1) is 16.0 Å². The smallest absolute Gasteiger partial charge is 0.171 e. The molecule has 90 valence electrons. The summed E-state index contributed by atoms with van der Waals surface area (Å²) in [6, 6.07) is 3.97. The highest BCUT2D eigenvalue weighted by molar-refractivity contribution is 7.13. The Labute approximate surface area is 108 Å². The fraction of sp³-hybridized carbons (Fsp3) is 0.154. The van der Waals surface area contributed by atoms with E-state index in [1.54, 1.807) is 17.5 Å². The van der Waals surface area contributed by atoms with E-state index in [2.05, 4.69) is 9.97 Å². The van der Waals surface area contributed by atoms with Crippen LogP contribution >= 0.6 is 11.3 Å². The quantitative estimate of drug-likeness (QED) is 0.663. The van der Waals surface area contributed by atoms with Crippen LogP contribution in [0.25, 0.3) is 21.7 Å². The first kappa shape index (κ1) is 11.1. The molecule has 3 aromatic rings. The topological polar surface area (TPSA) is 47.8 Å². The average Bonchev–Trinajstić information content (AvgIpc) is 2.97. The normalized spacial score (nSPS) is 11.0. The van der Waals surface area contributed by atoms with Gasteiger partial charge >= 0.3 is 0 Å². The van der Waals surface area contributed by atoms with Gasteiger partial charge in [0.25, 0.3) is 0 Å². The Balaban J connectivity index is 2.34. The second-order valence-corrected chi connectivity index (χ2v) is 5.07. The Morgan fingerprint density at radius 3 is 2.89 bits per heavy atom. The van der Waals surface area contributed by atoms with Gasteiger partial charge in [0, 0.05) is 18.8 Å². The third-order valence-electron chi connectivity index (χ3n) is 2.89. The van der Waals surface area contributed by atoms with Crippen molar-refractivity contribution < 1.29 is 4.79 Å². The molecule has 0 aliphatic heterocycles. The van der Waals surface area contributed by atoms with Crippen LogP contribution in [0, 0.1) is 6.92 Å². The third kappa shape index (κ3) is 1.55. The van der Waals surface area contributed by atoms with Crippen LogP contribution in [0.1, 0.15) is 16.1 Å². The highest BCUT2D eigenvalue weighted by Gasteiger charge is 2.14. The van der Waals surface area contributed by atoms with E-state index in [0.717, 1.165) is 27.9 Å². The van der Waals surface area contributed by atoms with E-state index in [1.807, 2.05) is 36.1 Å². The number of hydrogen-bond donors (Lipinski definition) is 0. The number of rotatable bonds is 2. The Hall–Kier alpha value is -2.01. The predicted octanol–water partition coefficient (Wildman–Crippen LogP) is 2.82. The second kappa shape index (κ2) is 4.03. The second-order valence-electron chi connectivity index (χ2n) is 4.12. The lowest BCUT2D eigenvalue weighted by Crippen LogP contribution is -1.95. The summed E-state index contributed by atoms with van der Waals surface area (Å²) in [7, 11) is 1.89. The maximum atomic E-state index is 11.0. The van der Waals surface area contributed by atoms with Crippen LogP contribution in [0.15, 0.2) is 23.7 Å². The Morgan fingerprint density at radius 1 is 1.39 bits per heavy atom. The van der Waals surface area contributed by atoms with Crippen molar-refractivity contribution in [3.05, 3.63) is 35.0 Å². The van der Waals surface area contributed by atoms with Crippen LogP contribution in [0.3, 0.4) is 0 Å². The lowest BCUT2D eigenvalue weighted by molar-refractivity contribution is 0.112. The van der Waals surface area contributed by atoms with E-state index < -0.39 is 0 Å². The number of carbonyl (C=O) groups is 1. The van der Waals surface area contributed by atoms with Gasteiger partial charge in [0.15, 0.2) is 12.1 Å². The van der Waals surface area contributed by atoms with Crippen LogP contribution in [0.5, 0.6) is 0 Å². The van der Waals surface area contributed by atoms with E-state index in [9.17, 15) is 4.79 Å². The summed E-state index contributed by atoms with van der Waals surface area (Å²) in [4.78, 5) is 21.1. The highest BCUT2D eigenvalue weighted by atomic mass is 32.1. The van der Waals surface area contributed by atoms with Gasteiger partial charge in [-0.15, -0.1) is 11.3 Å². The van der Waals surface area contributed by atoms with Crippen molar-refractivity contribution in [1.82, 2.24) is 14.5 Å². The largest absolute Gasteiger partial charge is 0.335 e. The van der Waals surface area contributed by atoms with Crippen LogP contribution in [-0.2, 0) is 7.05 Å². The Morgan fingerprint density at radius 2 is 2.22 bits per heavy atom. The molecule has 0 fully saturated rings. The van der Waals surface area contributed by atoms with E-state index in [-0.39, 0.29) is 0 Å².